The summed E-state index contributed by atoms with van der Waals surface area (Å²) in [7, 11) is 16.1. The molecule has 0 saturated heterocycles. The first-order chi connectivity index (χ1) is 10.6. The van der Waals surface area contributed by atoms with Gasteiger partial charge >= 0.3 is 5.97 Å². The molecule has 0 aromatic heterocycles. The van der Waals surface area contributed by atoms with E-state index in [1.165, 1.54) is 77.1 Å². The van der Waals surface area contributed by atoms with Gasteiger partial charge in [-0.15, -0.1) is 0 Å². The van der Waals surface area contributed by atoms with Crippen LogP contribution in [-0.4, -0.2) is 107 Å². The van der Waals surface area contributed by atoms with E-state index in [2.05, 4.69) is 7.74 Å². The van der Waals surface area contributed by atoms with Crippen molar-refractivity contribution in [3.8, 4) is 0 Å². The summed E-state index contributed by atoms with van der Waals surface area (Å²) >= 11 is 1.98. The quantitative estimate of drug-likeness (QED) is 0.247. The molecule has 16 heteroatoms. The molecule has 106 valence electrons. The van der Waals surface area contributed by atoms with E-state index in [1.807, 2.05) is 11.6 Å². The molecule has 3 nitrogen and oxygen atoms in total. The van der Waals surface area contributed by atoms with Crippen LogP contribution < -0.4 is 5.73 Å². The Morgan fingerprint density at radius 2 is 1.59 bits per heavy atom. The summed E-state index contributed by atoms with van der Waals surface area (Å²) in [6, 6.07) is 0. The average molecular weight is 303 g/mol. The number of carboxylic acid groups (broad SMARTS) is 1. The second kappa shape index (κ2) is 12.0. The van der Waals surface area contributed by atoms with E-state index in [9.17, 15) is 4.79 Å². The Labute approximate surface area is 148 Å². The van der Waals surface area contributed by atoms with Gasteiger partial charge in [-0.3, -0.25) is 4.79 Å². The lowest BCUT2D eigenvalue weighted by molar-refractivity contribution is -0.148. The van der Waals surface area contributed by atoms with E-state index in [0.717, 1.165) is 5.75 Å². The molecule has 1 saturated carbocycles. The summed E-state index contributed by atoms with van der Waals surface area (Å²) in [5, 5.41) is 8.95. The van der Waals surface area contributed by atoms with E-state index >= 15 is 0 Å². The van der Waals surface area contributed by atoms with Gasteiger partial charge in [-0.05, 0) is 24.5 Å². The fraction of sp³-hybridized carbons (Fsp3) is 0.833. The van der Waals surface area contributed by atoms with Crippen LogP contribution in [0, 0.1) is 5.92 Å². The normalized spacial score (nSPS) is 22.1. The van der Waals surface area contributed by atoms with Crippen LogP contribution in [0.2, 0.25) is 0 Å². The van der Waals surface area contributed by atoms with Crippen molar-refractivity contribution in [1.29, 1.82) is 0 Å². The number of carbonyl (C=O) groups is 1. The molecule has 1 rings (SSSR count). The smallest absolute Gasteiger partial charge is 0.323 e. The Bertz CT molecular complexity index is 320. The highest BCUT2D eigenvalue weighted by atomic mass is 32.2. The molecule has 1 aliphatic rings. The molecule has 0 aromatic rings. The maximum atomic E-state index is 10.9. The number of hydrogen-bond donors (Lipinski definition) is 2. The van der Waals surface area contributed by atoms with Gasteiger partial charge in [-0.1, -0.05) is 0 Å². The van der Waals surface area contributed by atoms with Crippen LogP contribution in [0.3, 0.4) is 0 Å². The van der Waals surface area contributed by atoms with Crippen LogP contribution in [0.15, 0.2) is 0 Å². The molecule has 1 aliphatic carbocycles. The first-order valence-electron chi connectivity index (χ1n) is 9.18. The van der Waals surface area contributed by atoms with Crippen molar-refractivity contribution in [2.75, 3.05) is 5.75 Å². The standard InChI is InChI=1S/C6H23B12NO2S/c7-8-9-10-11-12-13-14-15-16-17-18-22-3-4-1-6(19,2-4)5(20)21/h4,8-18H,1-3,7,19H2,(H,20,21). The van der Waals surface area contributed by atoms with Gasteiger partial charge in [0.2, 0.25) is 0 Å². The van der Waals surface area contributed by atoms with Crippen LogP contribution in [0.25, 0.3) is 0 Å². The molecule has 0 atom stereocenters. The van der Waals surface area contributed by atoms with Gasteiger partial charge in [0.25, 0.3) is 0 Å². The van der Waals surface area contributed by atoms with Crippen molar-refractivity contribution in [2.45, 2.75) is 18.4 Å². The Morgan fingerprint density at radius 1 is 1.09 bits per heavy atom. The maximum absolute atomic E-state index is 10.9. The lowest BCUT2D eigenvalue weighted by Crippen LogP contribution is -2.58. The number of aliphatic carboxylic acids is 1. The van der Waals surface area contributed by atoms with Crippen molar-refractivity contribution in [2.24, 2.45) is 11.7 Å². The molecule has 0 spiro atoms. The zero-order chi connectivity index (χ0) is 16.3. The molecule has 3 N–H and O–H groups in total. The molecule has 0 aliphatic heterocycles. The van der Waals surface area contributed by atoms with E-state index in [0.29, 0.717) is 18.8 Å². The van der Waals surface area contributed by atoms with E-state index in [4.69, 9.17) is 10.8 Å². The largest absolute Gasteiger partial charge is 0.480 e. The Balaban J connectivity index is 1.77. The average Bonchev–Trinajstić information content (AvgIpc) is 2.45. The van der Waals surface area contributed by atoms with E-state index in [1.54, 1.807) is 0 Å². The summed E-state index contributed by atoms with van der Waals surface area (Å²) in [5.74, 6) is 0.779. The van der Waals surface area contributed by atoms with Crippen molar-refractivity contribution in [1.82, 2.24) is 0 Å². The van der Waals surface area contributed by atoms with Crippen LogP contribution in [0.5, 0.6) is 0 Å². The summed E-state index contributed by atoms with van der Waals surface area (Å²) in [4.78, 5) is 10.9. The molecule has 0 bridgehead atoms. The van der Waals surface area contributed by atoms with Crippen molar-refractivity contribution in [3.63, 3.8) is 0 Å². The molecule has 1 fully saturated rings. The highest BCUT2D eigenvalue weighted by molar-refractivity contribution is 8.27. The lowest BCUT2D eigenvalue weighted by Gasteiger charge is -2.41. The third-order valence-corrected chi connectivity index (χ3v) is 6.01. The fourth-order valence-electron chi connectivity index (χ4n) is 3.20. The van der Waals surface area contributed by atoms with Gasteiger partial charge in [0.1, 0.15) is 12.0 Å². The molecule has 0 aromatic carbocycles. The molecule has 0 unspecified atom stereocenters. The second-order valence-electron chi connectivity index (χ2n) is 6.99. The predicted molar refractivity (Wildman–Crippen MR) is 127 cm³/mol. The Morgan fingerprint density at radius 3 is 2.09 bits per heavy atom. The first kappa shape index (κ1) is 20.6. The topological polar surface area (TPSA) is 63.3 Å². The van der Waals surface area contributed by atoms with Crippen molar-refractivity contribution < 1.29 is 9.90 Å². The molecule has 0 radical (unpaired) electrons. The van der Waals surface area contributed by atoms with E-state index < -0.39 is 11.5 Å². The highest BCUT2D eigenvalue weighted by Gasteiger charge is 2.46. The molecule has 22 heavy (non-hydrogen) atoms. The van der Waals surface area contributed by atoms with Crippen LogP contribution in [0.1, 0.15) is 12.8 Å². The molecule has 0 heterocycles. The fourth-order valence-corrected chi connectivity index (χ4v) is 4.35. The summed E-state index contributed by atoms with van der Waals surface area (Å²) in [6.45, 7) is 0. The van der Waals surface area contributed by atoms with Crippen molar-refractivity contribution in [3.05, 3.63) is 0 Å². The number of hydrogen-bond acceptors (Lipinski definition) is 3. The molecular weight excluding hydrogens is 280 g/mol. The number of nitrogens with two attached hydrogens (primary N) is 1. The van der Waals surface area contributed by atoms with Crippen molar-refractivity contribution >= 4 is 102 Å². The van der Waals surface area contributed by atoms with Gasteiger partial charge < -0.3 is 10.8 Å². The Hall–Kier alpha value is 0.559. The van der Waals surface area contributed by atoms with Crippen LogP contribution in [-0.2, 0) is 4.79 Å². The summed E-state index contributed by atoms with van der Waals surface area (Å²) in [5.41, 5.74) is 4.85. The Kier molecular flexibility index (Phi) is 11.2. The highest BCUT2D eigenvalue weighted by Crippen LogP contribution is 2.37. The number of rotatable bonds is 14. The minimum atomic E-state index is -0.914. The maximum Gasteiger partial charge on any atom is 0.323 e. The van der Waals surface area contributed by atoms with E-state index in [-0.39, 0.29) is 0 Å². The predicted octanol–water partition coefficient (Wildman–Crippen LogP) is -7.67. The summed E-state index contributed by atoms with van der Waals surface area (Å²) < 4.78 is 0. The lowest BCUT2D eigenvalue weighted by atomic mass is 8.87. The minimum absolute atomic E-state index is 0.522. The van der Waals surface area contributed by atoms with Gasteiger partial charge in [0.15, 0.2) is 0 Å². The first-order valence-corrected chi connectivity index (χ1v) is 10.3. The van der Waals surface area contributed by atoms with Crippen LogP contribution >= 0.6 is 11.6 Å². The van der Waals surface area contributed by atoms with Gasteiger partial charge in [0.05, 0.1) is 14.8 Å². The third-order valence-electron chi connectivity index (χ3n) is 4.73. The molecule has 0 amide bonds. The van der Waals surface area contributed by atoms with Gasteiger partial charge in [-0.25, -0.2) is 11.6 Å². The second-order valence-corrected chi connectivity index (χ2v) is 8.14. The van der Waals surface area contributed by atoms with Gasteiger partial charge in [0, 0.05) is 63.5 Å². The molecular formula is C6H23B12NO2S. The summed E-state index contributed by atoms with van der Waals surface area (Å²) in [6.07, 6.45) is 2.54. The van der Waals surface area contributed by atoms with Crippen LogP contribution in [0.4, 0.5) is 0 Å². The van der Waals surface area contributed by atoms with Gasteiger partial charge in [-0.2, -0.15) is 0 Å². The monoisotopic (exact) mass is 305 g/mol. The SMILES string of the molecule is BBBBBBBBBBBBSCC1CC(N)(C(=O)O)C1. The third kappa shape index (κ3) is 8.42. The zero-order valence-electron chi connectivity index (χ0n) is 14.3. The minimum Gasteiger partial charge on any atom is -0.480 e. The zero-order valence-corrected chi connectivity index (χ0v) is 15.1. The number of carboxylic acids is 1.